The fourth-order valence-corrected chi connectivity index (χ4v) is 2.49. The summed E-state index contributed by atoms with van der Waals surface area (Å²) in [4.78, 5) is 22.1. The highest BCUT2D eigenvalue weighted by atomic mass is 35.5. The number of nitrogens with zero attached hydrogens (tertiary/aromatic N) is 1. The molecule has 0 radical (unpaired) electrons. The van der Waals surface area contributed by atoms with Crippen LogP contribution in [0, 0.1) is 10.1 Å². The maximum atomic E-state index is 12.0. The van der Waals surface area contributed by atoms with E-state index in [2.05, 4.69) is 10.6 Å². The zero-order valence-electron chi connectivity index (χ0n) is 14.5. The predicted octanol–water partition coefficient (Wildman–Crippen LogP) is 5.35. The van der Waals surface area contributed by atoms with E-state index in [-0.39, 0.29) is 17.8 Å². The summed E-state index contributed by atoms with van der Waals surface area (Å²) in [7, 11) is 0. The molecule has 0 spiro atoms. The number of halogens is 1. The Hall–Kier alpha value is -2.80. The molecule has 0 fully saturated rings. The highest BCUT2D eigenvalue weighted by Gasteiger charge is 2.11. The Balaban J connectivity index is 2.02. The number of urea groups is 1. The maximum absolute atomic E-state index is 12.0. The molecule has 0 aliphatic rings. The quantitative estimate of drug-likeness (QED) is 0.502. The molecule has 2 aromatic rings. The third-order valence-corrected chi connectivity index (χ3v) is 4.08. The topological polar surface area (TPSA) is 93.5 Å². The summed E-state index contributed by atoms with van der Waals surface area (Å²) in [6.07, 6.45) is 1.71. The molecule has 0 bridgehead atoms. The average Bonchev–Trinajstić information content (AvgIpc) is 2.62. The van der Waals surface area contributed by atoms with Gasteiger partial charge in [0.05, 0.1) is 9.95 Å². The molecule has 138 valence electrons. The smallest absolute Gasteiger partial charge is 0.319 e. The summed E-state index contributed by atoms with van der Waals surface area (Å²) < 4.78 is 5.62. The predicted molar refractivity (Wildman–Crippen MR) is 101 cm³/mol. The molecule has 0 unspecified atom stereocenters. The highest BCUT2D eigenvalue weighted by molar-refractivity contribution is 6.32. The highest BCUT2D eigenvalue weighted by Crippen LogP contribution is 2.32. The number of hydrogen-bond acceptors (Lipinski definition) is 4. The molecule has 0 saturated heterocycles. The molecule has 0 aliphatic carbocycles. The van der Waals surface area contributed by atoms with Crippen molar-refractivity contribution in [2.75, 3.05) is 5.32 Å². The van der Waals surface area contributed by atoms with E-state index in [0.717, 1.165) is 12.8 Å². The average molecular weight is 378 g/mol. The van der Waals surface area contributed by atoms with Crippen molar-refractivity contribution in [3.05, 3.63) is 57.6 Å². The minimum atomic E-state index is -0.482. The molecule has 0 aromatic heterocycles. The lowest BCUT2D eigenvalue weighted by molar-refractivity contribution is -0.384. The van der Waals surface area contributed by atoms with E-state index in [1.165, 1.54) is 24.3 Å². The van der Waals surface area contributed by atoms with Crippen LogP contribution in [0.15, 0.2) is 42.5 Å². The largest absolute Gasteiger partial charge is 0.456 e. The van der Waals surface area contributed by atoms with Gasteiger partial charge in [0.1, 0.15) is 11.5 Å². The first kappa shape index (κ1) is 19.5. The van der Waals surface area contributed by atoms with Crippen molar-refractivity contribution < 1.29 is 14.5 Å². The van der Waals surface area contributed by atoms with Crippen LogP contribution in [-0.4, -0.2) is 17.0 Å². The number of nitro groups is 1. The molecule has 26 heavy (non-hydrogen) atoms. The van der Waals surface area contributed by atoms with Gasteiger partial charge in [0.2, 0.25) is 0 Å². The fraction of sp³-hybridized carbons (Fsp3) is 0.278. The van der Waals surface area contributed by atoms with Crippen LogP contribution in [0.3, 0.4) is 0 Å². The van der Waals surface area contributed by atoms with Crippen molar-refractivity contribution >= 4 is 29.0 Å². The van der Waals surface area contributed by atoms with Crippen molar-refractivity contribution in [3.63, 3.8) is 0 Å². The molecule has 0 atom stereocenters. The summed E-state index contributed by atoms with van der Waals surface area (Å²) in [5, 5.41) is 16.6. The van der Waals surface area contributed by atoms with E-state index in [1.807, 2.05) is 13.8 Å². The summed E-state index contributed by atoms with van der Waals surface area (Å²) in [6.45, 7) is 4.02. The number of rotatable bonds is 7. The number of benzene rings is 2. The number of amides is 2. The van der Waals surface area contributed by atoms with E-state index >= 15 is 0 Å². The van der Waals surface area contributed by atoms with Crippen molar-refractivity contribution in [2.45, 2.75) is 32.7 Å². The molecule has 8 heteroatoms. The lowest BCUT2D eigenvalue weighted by Gasteiger charge is -2.16. The van der Waals surface area contributed by atoms with Crippen molar-refractivity contribution in [2.24, 2.45) is 0 Å². The second-order valence-corrected chi connectivity index (χ2v) is 6.02. The van der Waals surface area contributed by atoms with E-state index < -0.39 is 4.92 Å². The molecule has 7 nitrogen and oxygen atoms in total. The van der Waals surface area contributed by atoms with Gasteiger partial charge in [-0.05, 0) is 43.2 Å². The van der Waals surface area contributed by atoms with Crippen molar-refractivity contribution in [1.82, 2.24) is 5.32 Å². The fourth-order valence-electron chi connectivity index (χ4n) is 2.27. The van der Waals surface area contributed by atoms with E-state index in [9.17, 15) is 14.9 Å². The Kier molecular flexibility index (Phi) is 6.80. The monoisotopic (exact) mass is 377 g/mol. The molecule has 0 heterocycles. The van der Waals surface area contributed by atoms with Crippen LogP contribution in [0.4, 0.5) is 16.2 Å². The van der Waals surface area contributed by atoms with Crippen LogP contribution >= 0.6 is 11.6 Å². The van der Waals surface area contributed by atoms with Gasteiger partial charge in [0.25, 0.3) is 5.69 Å². The van der Waals surface area contributed by atoms with Gasteiger partial charge < -0.3 is 15.4 Å². The Labute approximate surface area is 156 Å². The molecule has 2 aromatic carbocycles. The molecule has 2 N–H and O–H groups in total. The standard InChI is InChI=1S/C18H20ClN3O4/c1-3-12(4-2)20-18(23)21-13-5-10-17(16(19)11-13)26-15-8-6-14(7-9-15)22(24)25/h5-12H,3-4H2,1-2H3,(H2,20,21,23). The van der Waals surface area contributed by atoms with Crippen LogP contribution < -0.4 is 15.4 Å². The summed E-state index contributed by atoms with van der Waals surface area (Å²) >= 11 is 6.20. The Bertz CT molecular complexity index is 777. The van der Waals surface area contributed by atoms with Crippen molar-refractivity contribution in [3.8, 4) is 11.5 Å². The number of non-ortho nitro benzene ring substituents is 1. The second kappa shape index (κ2) is 9.05. The molecular weight excluding hydrogens is 358 g/mol. The Morgan fingerprint density at radius 1 is 1.19 bits per heavy atom. The Morgan fingerprint density at radius 2 is 1.85 bits per heavy atom. The molecule has 0 aliphatic heterocycles. The number of hydrogen-bond donors (Lipinski definition) is 2. The van der Waals surface area contributed by atoms with E-state index in [0.29, 0.717) is 22.2 Å². The van der Waals surface area contributed by atoms with E-state index in [4.69, 9.17) is 16.3 Å². The summed E-state index contributed by atoms with van der Waals surface area (Å²) in [6, 6.07) is 10.4. The first-order valence-corrected chi connectivity index (χ1v) is 8.60. The zero-order valence-corrected chi connectivity index (χ0v) is 15.2. The number of carbonyl (C=O) groups is 1. The van der Waals surface area contributed by atoms with Gasteiger partial charge in [0, 0.05) is 23.9 Å². The third kappa shape index (κ3) is 5.35. The first-order valence-electron chi connectivity index (χ1n) is 8.22. The van der Waals surface area contributed by atoms with Gasteiger partial charge in [-0.15, -0.1) is 0 Å². The van der Waals surface area contributed by atoms with Crippen LogP contribution in [0.25, 0.3) is 0 Å². The van der Waals surface area contributed by atoms with Crippen molar-refractivity contribution in [1.29, 1.82) is 0 Å². The number of ether oxygens (including phenoxy) is 1. The molecular formula is C18H20ClN3O4. The van der Waals surface area contributed by atoms with Gasteiger partial charge >= 0.3 is 6.03 Å². The van der Waals surface area contributed by atoms with Gasteiger partial charge in [0.15, 0.2) is 0 Å². The SMILES string of the molecule is CCC(CC)NC(=O)Nc1ccc(Oc2ccc([N+](=O)[O-])cc2)c(Cl)c1. The number of nitrogens with one attached hydrogen (secondary N) is 2. The Morgan fingerprint density at radius 3 is 2.38 bits per heavy atom. The molecule has 0 saturated carbocycles. The molecule has 2 amide bonds. The van der Waals surface area contributed by atoms with Gasteiger partial charge in [-0.25, -0.2) is 4.79 Å². The second-order valence-electron chi connectivity index (χ2n) is 5.61. The molecule has 2 rings (SSSR count). The lowest BCUT2D eigenvalue weighted by atomic mass is 10.2. The first-order chi connectivity index (χ1) is 12.4. The number of nitro benzene ring substituents is 1. The van der Waals surface area contributed by atoms with Crippen LogP contribution in [0.1, 0.15) is 26.7 Å². The minimum absolute atomic E-state index is 0.0218. The van der Waals surface area contributed by atoms with Gasteiger partial charge in [-0.1, -0.05) is 25.4 Å². The third-order valence-electron chi connectivity index (χ3n) is 3.79. The number of carbonyl (C=O) groups excluding carboxylic acids is 1. The minimum Gasteiger partial charge on any atom is -0.456 e. The van der Waals surface area contributed by atoms with E-state index in [1.54, 1.807) is 18.2 Å². The van der Waals surface area contributed by atoms with Crippen LogP contribution in [0.2, 0.25) is 5.02 Å². The van der Waals surface area contributed by atoms with Crippen LogP contribution in [0.5, 0.6) is 11.5 Å². The van der Waals surface area contributed by atoms with Crippen LogP contribution in [-0.2, 0) is 0 Å². The lowest BCUT2D eigenvalue weighted by Crippen LogP contribution is -2.37. The maximum Gasteiger partial charge on any atom is 0.319 e. The normalized spacial score (nSPS) is 10.5. The number of anilines is 1. The summed E-state index contributed by atoms with van der Waals surface area (Å²) in [5.41, 5.74) is 0.515. The summed E-state index contributed by atoms with van der Waals surface area (Å²) in [5.74, 6) is 0.802. The van der Waals surface area contributed by atoms with Gasteiger partial charge in [-0.3, -0.25) is 10.1 Å². The zero-order chi connectivity index (χ0) is 19.1. The van der Waals surface area contributed by atoms with Gasteiger partial charge in [-0.2, -0.15) is 0 Å².